The predicted octanol–water partition coefficient (Wildman–Crippen LogP) is -0.403. The zero-order chi connectivity index (χ0) is 12.4. The molecule has 2 heterocycles. The maximum atomic E-state index is 11.1. The lowest BCUT2D eigenvalue weighted by Crippen LogP contribution is -2.33. The van der Waals surface area contributed by atoms with Crippen LogP contribution < -0.4 is 16.9 Å². The van der Waals surface area contributed by atoms with Gasteiger partial charge in [-0.05, 0) is 23.9 Å². The van der Waals surface area contributed by atoms with E-state index < -0.39 is 11.1 Å². The number of nitrogens with two attached hydrogens (primary N) is 1. The number of hydrogen-bond donors (Lipinski definition) is 2. The predicted molar refractivity (Wildman–Crippen MR) is 62.9 cm³/mol. The maximum absolute atomic E-state index is 11.1. The zero-order valence-electron chi connectivity index (χ0n) is 8.88. The molecule has 0 aromatic carbocycles. The smallest absolute Gasteiger partial charge is 0.339 e. The average molecular weight is 251 g/mol. The van der Waals surface area contributed by atoms with Gasteiger partial charge in [-0.2, -0.15) is 4.98 Å². The van der Waals surface area contributed by atoms with Gasteiger partial charge >= 0.3 is 11.1 Å². The minimum absolute atomic E-state index is 0.375. The molecule has 0 aliphatic carbocycles. The second kappa shape index (κ2) is 4.42. The lowest BCUT2D eigenvalue weighted by Gasteiger charge is -2.05. The summed E-state index contributed by atoms with van der Waals surface area (Å²) in [4.78, 5) is 30.4. The quantitative estimate of drug-likeness (QED) is 0.703. The average Bonchev–Trinajstić information content (AvgIpc) is 2.26. The van der Waals surface area contributed by atoms with Gasteiger partial charge in [0.05, 0.1) is 0 Å². The normalized spacial score (nSPS) is 10.4. The summed E-state index contributed by atoms with van der Waals surface area (Å²) >= 11 is 1.21. The number of rotatable bonds is 2. The molecule has 0 fully saturated rings. The number of nitrogens with one attached hydrogen (secondary N) is 1. The van der Waals surface area contributed by atoms with Crippen LogP contribution in [0.15, 0.2) is 38.0 Å². The first-order chi connectivity index (χ1) is 8.06. The standard InChI is InChI=1S/C9H9N5O2S/c1-14-9(12-7(15)8(16)13-14)17-5-2-3-11-6(10)4-5/h2-4H,1H3,(H2,10,11)(H,13,16). The van der Waals surface area contributed by atoms with Crippen molar-refractivity contribution in [1.29, 1.82) is 0 Å². The van der Waals surface area contributed by atoms with E-state index in [1.165, 1.54) is 16.4 Å². The highest BCUT2D eigenvalue weighted by atomic mass is 32.2. The van der Waals surface area contributed by atoms with Gasteiger partial charge in [0.25, 0.3) is 0 Å². The van der Waals surface area contributed by atoms with Crippen LogP contribution in [-0.2, 0) is 7.05 Å². The van der Waals surface area contributed by atoms with E-state index in [1.807, 2.05) is 0 Å². The van der Waals surface area contributed by atoms with E-state index in [4.69, 9.17) is 5.73 Å². The first-order valence-electron chi connectivity index (χ1n) is 4.63. The Kier molecular flexibility index (Phi) is 2.96. The van der Waals surface area contributed by atoms with Gasteiger partial charge in [0.1, 0.15) is 5.82 Å². The van der Waals surface area contributed by atoms with Gasteiger partial charge in [-0.25, -0.2) is 4.98 Å². The highest BCUT2D eigenvalue weighted by Gasteiger charge is 2.06. The van der Waals surface area contributed by atoms with Crippen molar-refractivity contribution in [3.05, 3.63) is 39.0 Å². The van der Waals surface area contributed by atoms with Gasteiger partial charge in [-0.15, -0.1) is 0 Å². The molecule has 8 heteroatoms. The summed E-state index contributed by atoms with van der Waals surface area (Å²) in [5.74, 6) is 0.379. The molecule has 7 nitrogen and oxygen atoms in total. The van der Waals surface area contributed by atoms with Crippen LogP contribution in [0.4, 0.5) is 5.82 Å². The van der Waals surface area contributed by atoms with Gasteiger partial charge in [-0.1, -0.05) is 0 Å². The Bertz CT molecular complexity index is 663. The fourth-order valence-electron chi connectivity index (χ4n) is 1.15. The lowest BCUT2D eigenvalue weighted by atomic mass is 10.5. The molecule has 17 heavy (non-hydrogen) atoms. The summed E-state index contributed by atoms with van der Waals surface area (Å²) in [6.07, 6.45) is 1.56. The Morgan fingerprint density at radius 1 is 1.47 bits per heavy atom. The summed E-state index contributed by atoms with van der Waals surface area (Å²) in [5, 5.41) is 2.74. The fraction of sp³-hybridized carbons (Fsp3) is 0.111. The number of aromatic nitrogens is 4. The van der Waals surface area contributed by atoms with Gasteiger partial charge in [0.2, 0.25) is 0 Å². The van der Waals surface area contributed by atoms with Gasteiger partial charge in [0, 0.05) is 18.1 Å². The van der Waals surface area contributed by atoms with E-state index in [1.54, 1.807) is 25.4 Å². The second-order valence-corrected chi connectivity index (χ2v) is 4.26. The van der Waals surface area contributed by atoms with E-state index in [9.17, 15) is 9.59 Å². The van der Waals surface area contributed by atoms with Crippen LogP contribution >= 0.6 is 11.8 Å². The molecular weight excluding hydrogens is 242 g/mol. The molecule has 0 aliphatic heterocycles. The van der Waals surface area contributed by atoms with Crippen LogP contribution in [0.5, 0.6) is 0 Å². The Balaban J connectivity index is 2.40. The number of aromatic amines is 1. The fourth-order valence-corrected chi connectivity index (χ4v) is 1.98. The summed E-state index contributed by atoms with van der Waals surface area (Å²) in [7, 11) is 1.60. The topological polar surface area (TPSA) is 107 Å². The lowest BCUT2D eigenvalue weighted by molar-refractivity contribution is 0.596. The summed E-state index contributed by atoms with van der Waals surface area (Å²) in [5.41, 5.74) is 3.98. The molecule has 0 spiro atoms. The number of pyridine rings is 1. The van der Waals surface area contributed by atoms with E-state index in [2.05, 4.69) is 15.1 Å². The maximum Gasteiger partial charge on any atom is 0.339 e. The van der Waals surface area contributed by atoms with Crippen molar-refractivity contribution in [3.8, 4) is 0 Å². The van der Waals surface area contributed by atoms with Gasteiger partial charge in [0.15, 0.2) is 5.16 Å². The SMILES string of the molecule is Cn1[nH]c(=O)c(=O)nc1Sc1ccnc(N)c1. The largest absolute Gasteiger partial charge is 0.384 e. The molecule has 2 aromatic rings. The highest BCUT2D eigenvalue weighted by molar-refractivity contribution is 7.99. The van der Waals surface area contributed by atoms with Crippen LogP contribution in [0.1, 0.15) is 0 Å². The number of nitrogens with zero attached hydrogens (tertiary/aromatic N) is 3. The van der Waals surface area contributed by atoms with E-state index in [-0.39, 0.29) is 0 Å². The molecule has 0 amide bonds. The minimum Gasteiger partial charge on any atom is -0.384 e. The van der Waals surface area contributed by atoms with Crippen LogP contribution in [0, 0.1) is 0 Å². The van der Waals surface area contributed by atoms with E-state index >= 15 is 0 Å². The third kappa shape index (κ3) is 2.53. The first kappa shape index (κ1) is 11.4. The first-order valence-corrected chi connectivity index (χ1v) is 5.44. The Morgan fingerprint density at radius 3 is 2.94 bits per heavy atom. The van der Waals surface area contributed by atoms with Crippen molar-refractivity contribution < 1.29 is 0 Å². The van der Waals surface area contributed by atoms with Crippen LogP contribution in [0.3, 0.4) is 0 Å². The molecule has 0 saturated carbocycles. The summed E-state index contributed by atoms with van der Waals surface area (Å²) < 4.78 is 1.38. The molecule has 0 aliphatic rings. The van der Waals surface area contributed by atoms with Crippen molar-refractivity contribution in [2.45, 2.75) is 10.1 Å². The number of H-pyrrole nitrogens is 1. The Labute approximate surface area is 99.7 Å². The molecule has 0 saturated heterocycles. The molecule has 3 N–H and O–H groups in total. The molecule has 2 rings (SSSR count). The third-order valence-corrected chi connectivity index (χ3v) is 2.95. The molecule has 0 radical (unpaired) electrons. The highest BCUT2D eigenvalue weighted by Crippen LogP contribution is 2.24. The van der Waals surface area contributed by atoms with Crippen molar-refractivity contribution in [1.82, 2.24) is 19.7 Å². The monoisotopic (exact) mass is 251 g/mol. The Hall–Kier alpha value is -2.09. The summed E-state index contributed by atoms with van der Waals surface area (Å²) in [6.45, 7) is 0. The van der Waals surface area contributed by atoms with Crippen LogP contribution in [0.25, 0.3) is 0 Å². The van der Waals surface area contributed by atoms with Crippen molar-refractivity contribution in [2.24, 2.45) is 7.05 Å². The minimum atomic E-state index is -0.812. The number of nitrogen functional groups attached to an aromatic ring is 1. The molecule has 2 aromatic heterocycles. The van der Waals surface area contributed by atoms with Gasteiger partial charge in [-0.3, -0.25) is 19.4 Å². The van der Waals surface area contributed by atoms with Crippen molar-refractivity contribution in [3.63, 3.8) is 0 Å². The Morgan fingerprint density at radius 2 is 2.24 bits per heavy atom. The van der Waals surface area contributed by atoms with Gasteiger partial charge < -0.3 is 5.73 Å². The molecule has 0 bridgehead atoms. The number of aryl methyl sites for hydroxylation is 1. The van der Waals surface area contributed by atoms with Crippen molar-refractivity contribution >= 4 is 17.6 Å². The summed E-state index contributed by atoms with van der Waals surface area (Å²) in [6, 6.07) is 3.39. The van der Waals surface area contributed by atoms with E-state index in [0.717, 1.165) is 4.90 Å². The zero-order valence-corrected chi connectivity index (χ0v) is 9.69. The number of anilines is 1. The molecule has 0 unspecified atom stereocenters. The van der Waals surface area contributed by atoms with Crippen LogP contribution in [0.2, 0.25) is 0 Å². The second-order valence-electron chi connectivity index (χ2n) is 3.22. The third-order valence-electron chi connectivity index (χ3n) is 1.91. The molecule has 0 atom stereocenters. The molecule has 88 valence electrons. The van der Waals surface area contributed by atoms with Crippen molar-refractivity contribution in [2.75, 3.05) is 5.73 Å². The van der Waals surface area contributed by atoms with E-state index in [0.29, 0.717) is 11.0 Å². The van der Waals surface area contributed by atoms with Crippen LogP contribution in [-0.4, -0.2) is 19.7 Å². The molecular formula is C9H9N5O2S. The number of hydrogen-bond acceptors (Lipinski definition) is 6.